The summed E-state index contributed by atoms with van der Waals surface area (Å²) < 4.78 is 20.2. The summed E-state index contributed by atoms with van der Waals surface area (Å²) in [7, 11) is 0. The molecule has 1 N–H and O–H groups in total. The molecule has 0 saturated carbocycles. The zero-order valence-corrected chi connectivity index (χ0v) is 16.6. The molecule has 0 spiro atoms. The highest BCUT2D eigenvalue weighted by Gasteiger charge is 2.35. The van der Waals surface area contributed by atoms with E-state index in [1.165, 1.54) is 12.1 Å². The molecule has 0 amide bonds. The number of rotatable bonds is 4. The molecule has 148 valence electrons. The fraction of sp³-hybridized carbons (Fsp3) is 0.190. The van der Waals surface area contributed by atoms with Crippen LogP contribution in [0.15, 0.2) is 59.8 Å². The highest BCUT2D eigenvalue weighted by atomic mass is 35.5. The van der Waals surface area contributed by atoms with E-state index in [2.05, 4.69) is 15.4 Å². The SMILES string of the molecule is CCOC(=O)C1=C(C)Nc2nc(-c3ccc(F)cc3)nn2C1c1ccc(Cl)cc1. The fourth-order valence-corrected chi connectivity index (χ4v) is 3.42. The zero-order valence-electron chi connectivity index (χ0n) is 15.8. The third-order valence-electron chi connectivity index (χ3n) is 4.64. The van der Waals surface area contributed by atoms with E-state index in [1.54, 1.807) is 42.8 Å². The Morgan fingerprint density at radius 3 is 2.55 bits per heavy atom. The lowest BCUT2D eigenvalue weighted by Crippen LogP contribution is -2.29. The van der Waals surface area contributed by atoms with Gasteiger partial charge in [-0.2, -0.15) is 4.98 Å². The number of nitrogens with one attached hydrogen (secondary N) is 1. The number of benzene rings is 2. The molecule has 1 aliphatic rings. The molecular weight excluding hydrogens is 395 g/mol. The van der Waals surface area contributed by atoms with E-state index in [4.69, 9.17) is 16.3 Å². The van der Waals surface area contributed by atoms with E-state index in [1.807, 2.05) is 12.1 Å². The Morgan fingerprint density at radius 1 is 1.21 bits per heavy atom. The van der Waals surface area contributed by atoms with Gasteiger partial charge in [0, 0.05) is 16.3 Å². The number of nitrogens with zero attached hydrogens (tertiary/aromatic N) is 3. The van der Waals surface area contributed by atoms with Crippen molar-refractivity contribution in [1.82, 2.24) is 14.8 Å². The van der Waals surface area contributed by atoms with Crippen molar-refractivity contribution < 1.29 is 13.9 Å². The first-order chi connectivity index (χ1) is 14.0. The molecule has 4 rings (SSSR count). The van der Waals surface area contributed by atoms with Gasteiger partial charge in [0.05, 0.1) is 12.2 Å². The van der Waals surface area contributed by atoms with Crippen molar-refractivity contribution in [2.24, 2.45) is 0 Å². The van der Waals surface area contributed by atoms with Crippen LogP contribution in [0.25, 0.3) is 11.4 Å². The van der Waals surface area contributed by atoms with Crippen LogP contribution < -0.4 is 5.32 Å². The number of anilines is 1. The van der Waals surface area contributed by atoms with Crippen molar-refractivity contribution in [3.8, 4) is 11.4 Å². The van der Waals surface area contributed by atoms with Gasteiger partial charge in [-0.1, -0.05) is 23.7 Å². The van der Waals surface area contributed by atoms with Crippen LogP contribution in [-0.2, 0) is 9.53 Å². The molecule has 8 heteroatoms. The van der Waals surface area contributed by atoms with Crippen molar-refractivity contribution >= 4 is 23.5 Å². The molecule has 0 fully saturated rings. The van der Waals surface area contributed by atoms with E-state index in [0.717, 1.165) is 5.56 Å². The van der Waals surface area contributed by atoms with Gasteiger partial charge in [-0.15, -0.1) is 5.10 Å². The minimum atomic E-state index is -0.538. The maximum Gasteiger partial charge on any atom is 0.338 e. The van der Waals surface area contributed by atoms with E-state index < -0.39 is 12.0 Å². The summed E-state index contributed by atoms with van der Waals surface area (Å²) in [5.41, 5.74) is 2.56. The highest BCUT2D eigenvalue weighted by molar-refractivity contribution is 6.30. The molecule has 0 bridgehead atoms. The minimum absolute atomic E-state index is 0.258. The second-order valence-electron chi connectivity index (χ2n) is 6.55. The topological polar surface area (TPSA) is 69.0 Å². The molecular formula is C21H18ClFN4O2. The summed E-state index contributed by atoms with van der Waals surface area (Å²) in [5.74, 6) is 0.137. The number of hydrogen-bond acceptors (Lipinski definition) is 5. The van der Waals surface area contributed by atoms with Gasteiger partial charge >= 0.3 is 5.97 Å². The van der Waals surface area contributed by atoms with E-state index in [9.17, 15) is 9.18 Å². The lowest BCUT2D eigenvalue weighted by molar-refractivity contribution is -0.139. The molecule has 1 unspecified atom stereocenters. The summed E-state index contributed by atoms with van der Waals surface area (Å²) in [5, 5.41) is 8.32. The van der Waals surface area contributed by atoms with Crippen molar-refractivity contribution in [3.63, 3.8) is 0 Å². The van der Waals surface area contributed by atoms with Gasteiger partial charge < -0.3 is 10.1 Å². The number of fused-ring (bicyclic) bond motifs is 1. The van der Waals surface area contributed by atoms with Crippen molar-refractivity contribution in [1.29, 1.82) is 0 Å². The first kappa shape index (κ1) is 19.1. The average Bonchev–Trinajstić information content (AvgIpc) is 3.12. The molecule has 29 heavy (non-hydrogen) atoms. The maximum absolute atomic E-state index is 13.3. The number of ether oxygens (including phenoxy) is 1. The predicted molar refractivity (Wildman–Crippen MR) is 108 cm³/mol. The van der Waals surface area contributed by atoms with Crippen LogP contribution in [0.4, 0.5) is 10.3 Å². The minimum Gasteiger partial charge on any atom is -0.463 e. The Balaban J connectivity index is 1.85. The molecule has 3 aromatic rings. The summed E-state index contributed by atoms with van der Waals surface area (Å²) in [4.78, 5) is 17.3. The average molecular weight is 413 g/mol. The van der Waals surface area contributed by atoms with Crippen LogP contribution in [0.1, 0.15) is 25.5 Å². The molecule has 0 saturated heterocycles. The van der Waals surface area contributed by atoms with Crippen LogP contribution >= 0.6 is 11.6 Å². The molecule has 1 aliphatic heterocycles. The number of halogens is 2. The van der Waals surface area contributed by atoms with E-state index >= 15 is 0 Å². The Bertz CT molecular complexity index is 1090. The van der Waals surface area contributed by atoms with Gasteiger partial charge in [-0.05, 0) is 55.8 Å². The lowest BCUT2D eigenvalue weighted by atomic mass is 9.96. The largest absolute Gasteiger partial charge is 0.463 e. The number of aromatic nitrogens is 3. The molecule has 1 atom stereocenters. The molecule has 0 aliphatic carbocycles. The third-order valence-corrected chi connectivity index (χ3v) is 4.89. The summed E-state index contributed by atoms with van der Waals surface area (Å²) in [6, 6.07) is 12.6. The second-order valence-corrected chi connectivity index (χ2v) is 6.99. The number of esters is 1. The van der Waals surface area contributed by atoms with Crippen molar-refractivity contribution in [3.05, 3.63) is 76.2 Å². The van der Waals surface area contributed by atoms with Gasteiger partial charge in [0.1, 0.15) is 11.9 Å². The van der Waals surface area contributed by atoms with Crippen LogP contribution in [0, 0.1) is 5.82 Å². The number of carbonyl (C=O) groups excluding carboxylic acids is 1. The van der Waals surface area contributed by atoms with E-state index in [0.29, 0.717) is 33.6 Å². The molecule has 0 radical (unpaired) electrons. The van der Waals surface area contributed by atoms with Gasteiger partial charge in [-0.3, -0.25) is 0 Å². The quantitative estimate of drug-likeness (QED) is 0.635. The highest BCUT2D eigenvalue weighted by Crippen LogP contribution is 2.37. The first-order valence-electron chi connectivity index (χ1n) is 9.10. The number of hydrogen-bond donors (Lipinski definition) is 1. The van der Waals surface area contributed by atoms with Crippen LogP contribution in [0.5, 0.6) is 0 Å². The monoisotopic (exact) mass is 412 g/mol. The molecule has 2 aromatic carbocycles. The van der Waals surface area contributed by atoms with Gasteiger partial charge in [-0.25, -0.2) is 13.9 Å². The molecule has 1 aromatic heterocycles. The van der Waals surface area contributed by atoms with Gasteiger partial charge in [0.2, 0.25) is 5.95 Å². The van der Waals surface area contributed by atoms with Gasteiger partial charge in [0.15, 0.2) is 5.82 Å². The zero-order chi connectivity index (χ0) is 20.5. The molecule has 2 heterocycles. The normalized spacial score (nSPS) is 15.7. The van der Waals surface area contributed by atoms with Crippen LogP contribution in [0.2, 0.25) is 5.02 Å². The second kappa shape index (κ2) is 7.67. The summed E-state index contributed by atoms with van der Waals surface area (Å²) in [6.07, 6.45) is 0. The Hall–Kier alpha value is -3.19. The van der Waals surface area contributed by atoms with Crippen molar-refractivity contribution in [2.45, 2.75) is 19.9 Å². The maximum atomic E-state index is 13.3. The Kier molecular flexibility index (Phi) is 5.07. The Morgan fingerprint density at radius 2 is 1.90 bits per heavy atom. The smallest absolute Gasteiger partial charge is 0.338 e. The van der Waals surface area contributed by atoms with E-state index in [-0.39, 0.29) is 12.4 Å². The predicted octanol–water partition coefficient (Wildman–Crippen LogP) is 4.59. The first-order valence-corrected chi connectivity index (χ1v) is 9.48. The Labute approximate surface area is 172 Å². The number of carbonyl (C=O) groups is 1. The third kappa shape index (κ3) is 3.61. The summed E-state index contributed by atoms with van der Waals surface area (Å²) >= 11 is 6.04. The van der Waals surface area contributed by atoms with Crippen LogP contribution in [-0.4, -0.2) is 27.3 Å². The lowest BCUT2D eigenvalue weighted by Gasteiger charge is -2.28. The number of allylic oxidation sites excluding steroid dienone is 1. The van der Waals surface area contributed by atoms with Crippen molar-refractivity contribution in [2.75, 3.05) is 11.9 Å². The standard InChI is InChI=1S/C21H18ClFN4O2/c1-3-29-20(28)17-12(2)24-21-25-19(14-6-10-16(23)11-7-14)26-27(21)18(17)13-4-8-15(22)9-5-13/h4-11,18H,3H2,1-2H3,(H,24,25,26). The van der Waals surface area contributed by atoms with Crippen LogP contribution in [0.3, 0.4) is 0 Å². The summed E-state index contributed by atoms with van der Waals surface area (Å²) in [6.45, 7) is 3.81. The van der Waals surface area contributed by atoms with Gasteiger partial charge in [0.25, 0.3) is 0 Å². The fourth-order valence-electron chi connectivity index (χ4n) is 3.30. The molecule has 6 nitrogen and oxygen atoms in total.